The van der Waals surface area contributed by atoms with Gasteiger partial charge in [0.2, 0.25) is 0 Å². The summed E-state index contributed by atoms with van der Waals surface area (Å²) < 4.78 is 38.8. The average Bonchev–Trinajstić information content (AvgIpc) is 2.59. The van der Waals surface area contributed by atoms with Crippen LogP contribution < -0.4 is 5.32 Å². The predicted octanol–water partition coefficient (Wildman–Crippen LogP) is 2.27. The molecule has 0 radical (unpaired) electrons. The third-order valence-corrected chi connectivity index (χ3v) is 4.61. The molecule has 1 fully saturated rings. The minimum absolute atomic E-state index is 0.0348. The van der Waals surface area contributed by atoms with Gasteiger partial charge in [0.15, 0.2) is 0 Å². The maximum atomic E-state index is 12.4. The van der Waals surface area contributed by atoms with Crippen LogP contribution in [0.25, 0.3) is 0 Å². The summed E-state index contributed by atoms with van der Waals surface area (Å²) in [6.45, 7) is 5.53. The molecule has 1 heterocycles. The molecule has 162 valence electrons. The zero-order chi connectivity index (χ0) is 21.7. The Hall–Kier alpha value is -2.33. The lowest BCUT2D eigenvalue weighted by Crippen LogP contribution is -2.58. The normalized spacial score (nSPS) is 20.1. The van der Waals surface area contributed by atoms with Crippen molar-refractivity contribution in [2.24, 2.45) is 0 Å². The molecule has 0 aromatic heterocycles. The summed E-state index contributed by atoms with van der Waals surface area (Å²) in [5.74, 6) is 0. The van der Waals surface area contributed by atoms with Gasteiger partial charge in [-0.2, -0.15) is 8.42 Å². The Morgan fingerprint density at radius 2 is 1.86 bits per heavy atom. The fraction of sp³-hybridized carbons (Fsp3) is 0.579. The molecule has 0 spiro atoms. The molecule has 0 aliphatic carbocycles. The first-order valence-electron chi connectivity index (χ1n) is 9.26. The molecule has 1 aromatic rings. The van der Waals surface area contributed by atoms with Gasteiger partial charge in [-0.3, -0.25) is 4.18 Å². The number of carbonyl (C=O) groups excluding carboxylic acids is 2. The largest absolute Gasteiger partial charge is 0.445 e. The molecule has 1 N–H and O–H groups in total. The lowest BCUT2D eigenvalue weighted by Gasteiger charge is -2.37. The van der Waals surface area contributed by atoms with Gasteiger partial charge >= 0.3 is 12.2 Å². The summed E-state index contributed by atoms with van der Waals surface area (Å²) in [6.07, 6.45) is -0.922. The van der Waals surface area contributed by atoms with Crippen LogP contribution in [0, 0.1) is 0 Å². The quantitative estimate of drug-likeness (QED) is 0.716. The first-order chi connectivity index (χ1) is 13.4. The monoisotopic (exact) mass is 428 g/mol. The van der Waals surface area contributed by atoms with Gasteiger partial charge in [0.1, 0.15) is 18.3 Å². The number of piperidine rings is 1. The molecule has 1 aromatic carbocycles. The van der Waals surface area contributed by atoms with Crippen molar-refractivity contribution in [3.8, 4) is 0 Å². The van der Waals surface area contributed by atoms with Crippen molar-refractivity contribution >= 4 is 22.3 Å². The van der Waals surface area contributed by atoms with Gasteiger partial charge in [-0.15, -0.1) is 0 Å². The number of carbonyl (C=O) groups is 2. The molecule has 1 aliphatic rings. The van der Waals surface area contributed by atoms with Gasteiger partial charge in [0.05, 0.1) is 12.3 Å². The third-order valence-electron chi connectivity index (χ3n) is 4.01. The minimum atomic E-state index is -3.74. The topological polar surface area (TPSA) is 111 Å². The highest BCUT2D eigenvalue weighted by Gasteiger charge is 2.36. The lowest BCUT2D eigenvalue weighted by molar-refractivity contribution is 0.0263. The molecule has 9 nitrogen and oxygen atoms in total. The number of hydrogen-bond donors (Lipinski definition) is 1. The first kappa shape index (κ1) is 23.0. The predicted molar refractivity (Wildman–Crippen MR) is 106 cm³/mol. The number of nitrogens with one attached hydrogen (secondary N) is 1. The van der Waals surface area contributed by atoms with E-state index in [2.05, 4.69) is 5.32 Å². The Labute approximate surface area is 171 Å². The van der Waals surface area contributed by atoms with Gasteiger partial charge in [0, 0.05) is 13.1 Å². The van der Waals surface area contributed by atoms with Crippen LogP contribution >= 0.6 is 0 Å². The van der Waals surface area contributed by atoms with Crippen molar-refractivity contribution < 1.29 is 31.7 Å². The number of benzene rings is 1. The third kappa shape index (κ3) is 8.28. The Morgan fingerprint density at radius 3 is 2.45 bits per heavy atom. The smallest absolute Gasteiger partial charge is 0.410 e. The van der Waals surface area contributed by atoms with Gasteiger partial charge in [-0.1, -0.05) is 30.3 Å². The lowest BCUT2D eigenvalue weighted by atomic mass is 10.0. The highest BCUT2D eigenvalue weighted by atomic mass is 32.2. The fourth-order valence-electron chi connectivity index (χ4n) is 2.84. The second-order valence-corrected chi connectivity index (χ2v) is 9.47. The molecular formula is C19H28N2O7S. The van der Waals surface area contributed by atoms with Crippen LogP contribution in [-0.2, 0) is 30.4 Å². The second kappa shape index (κ2) is 9.45. The number of nitrogens with zero attached hydrogens (tertiary/aromatic N) is 1. The molecule has 0 saturated carbocycles. The van der Waals surface area contributed by atoms with Gasteiger partial charge < -0.3 is 19.7 Å². The van der Waals surface area contributed by atoms with E-state index in [0.717, 1.165) is 11.8 Å². The van der Waals surface area contributed by atoms with Crippen molar-refractivity contribution in [2.75, 3.05) is 19.3 Å². The van der Waals surface area contributed by atoms with Crippen LogP contribution in [0.2, 0.25) is 0 Å². The van der Waals surface area contributed by atoms with Crippen LogP contribution in [-0.4, -0.2) is 62.6 Å². The van der Waals surface area contributed by atoms with E-state index in [1.807, 2.05) is 30.3 Å². The molecule has 1 saturated heterocycles. The summed E-state index contributed by atoms with van der Waals surface area (Å²) in [5, 5.41) is 2.61. The minimum Gasteiger partial charge on any atom is -0.445 e. The van der Waals surface area contributed by atoms with Crippen molar-refractivity contribution in [1.29, 1.82) is 0 Å². The zero-order valence-electron chi connectivity index (χ0n) is 17.1. The summed E-state index contributed by atoms with van der Waals surface area (Å²) >= 11 is 0. The molecule has 2 atom stereocenters. The standard InChI is InChI=1S/C19H28N2O7S/c1-19(2,3)27-17(22)20-15-12-21(11-10-16(15)28-29(4,24)25)18(23)26-13-14-8-6-5-7-9-14/h5-9,15-16H,10-13H2,1-4H3,(H,20,22)/t15-,16+/m0/s1. The second-order valence-electron chi connectivity index (χ2n) is 7.87. The number of likely N-dealkylation sites (tertiary alicyclic amines) is 1. The van der Waals surface area contributed by atoms with Crippen LogP contribution in [0.4, 0.5) is 9.59 Å². The van der Waals surface area contributed by atoms with E-state index >= 15 is 0 Å². The van der Waals surface area contributed by atoms with E-state index in [9.17, 15) is 18.0 Å². The van der Waals surface area contributed by atoms with Crippen LogP contribution in [0.5, 0.6) is 0 Å². The average molecular weight is 429 g/mol. The number of amides is 2. The number of hydrogen-bond acceptors (Lipinski definition) is 7. The number of alkyl carbamates (subject to hydrolysis) is 1. The Kier molecular flexibility index (Phi) is 7.48. The number of ether oxygens (including phenoxy) is 2. The maximum absolute atomic E-state index is 12.4. The molecule has 2 amide bonds. The summed E-state index contributed by atoms with van der Waals surface area (Å²) in [6, 6.07) is 8.47. The summed E-state index contributed by atoms with van der Waals surface area (Å²) in [4.78, 5) is 26.0. The number of rotatable bonds is 5. The summed E-state index contributed by atoms with van der Waals surface area (Å²) in [5.41, 5.74) is 0.125. The Balaban J connectivity index is 2.01. The van der Waals surface area contributed by atoms with E-state index in [-0.39, 0.29) is 26.1 Å². The van der Waals surface area contributed by atoms with E-state index in [4.69, 9.17) is 13.7 Å². The maximum Gasteiger partial charge on any atom is 0.410 e. The van der Waals surface area contributed by atoms with Crippen LogP contribution in [0.15, 0.2) is 30.3 Å². The van der Waals surface area contributed by atoms with Gasteiger partial charge in [-0.05, 0) is 32.8 Å². The van der Waals surface area contributed by atoms with Crippen LogP contribution in [0.3, 0.4) is 0 Å². The van der Waals surface area contributed by atoms with Crippen molar-refractivity contribution in [2.45, 2.75) is 51.5 Å². The Bertz CT molecular complexity index is 806. The SMILES string of the molecule is CC(C)(C)OC(=O)N[C@H]1CN(C(=O)OCc2ccccc2)CC[C@H]1OS(C)(=O)=O. The molecular weight excluding hydrogens is 400 g/mol. The van der Waals surface area contributed by atoms with E-state index in [0.29, 0.717) is 0 Å². The highest BCUT2D eigenvalue weighted by Crippen LogP contribution is 2.19. The van der Waals surface area contributed by atoms with Gasteiger partial charge in [0.25, 0.3) is 10.1 Å². The highest BCUT2D eigenvalue weighted by molar-refractivity contribution is 7.86. The molecule has 0 bridgehead atoms. The van der Waals surface area contributed by atoms with Gasteiger partial charge in [-0.25, -0.2) is 9.59 Å². The Morgan fingerprint density at radius 1 is 1.21 bits per heavy atom. The van der Waals surface area contributed by atoms with Crippen molar-refractivity contribution in [1.82, 2.24) is 10.2 Å². The molecule has 0 unspecified atom stereocenters. The summed E-state index contributed by atoms with van der Waals surface area (Å²) in [7, 11) is -3.74. The molecule has 2 rings (SSSR count). The molecule has 1 aliphatic heterocycles. The molecule has 10 heteroatoms. The van der Waals surface area contributed by atoms with E-state index < -0.39 is 40.1 Å². The van der Waals surface area contributed by atoms with Crippen LogP contribution in [0.1, 0.15) is 32.8 Å². The van der Waals surface area contributed by atoms with E-state index in [1.165, 1.54) is 4.90 Å². The fourth-order valence-corrected chi connectivity index (χ4v) is 3.52. The van der Waals surface area contributed by atoms with E-state index in [1.54, 1.807) is 20.8 Å². The molecule has 29 heavy (non-hydrogen) atoms. The first-order valence-corrected chi connectivity index (χ1v) is 11.1. The van der Waals surface area contributed by atoms with Crippen molar-refractivity contribution in [3.05, 3.63) is 35.9 Å². The van der Waals surface area contributed by atoms with Crippen molar-refractivity contribution in [3.63, 3.8) is 0 Å². The zero-order valence-corrected chi connectivity index (χ0v) is 17.9.